The summed E-state index contributed by atoms with van der Waals surface area (Å²) in [7, 11) is 1.60. The number of carbonyl (C=O) groups excluding carboxylic acids is 1. The van der Waals surface area contributed by atoms with Crippen LogP contribution in [0.4, 0.5) is 5.69 Å². The Morgan fingerprint density at radius 1 is 1.08 bits per heavy atom. The third kappa shape index (κ3) is 3.01. The van der Waals surface area contributed by atoms with E-state index >= 15 is 0 Å². The minimum atomic E-state index is -0.299. The quantitative estimate of drug-likeness (QED) is 0.781. The van der Waals surface area contributed by atoms with E-state index < -0.39 is 0 Å². The number of nitrogens with one attached hydrogen (secondary N) is 1. The molecule has 0 radical (unpaired) electrons. The fourth-order valence-electron chi connectivity index (χ4n) is 2.54. The zero-order valence-electron chi connectivity index (χ0n) is 13.8. The highest BCUT2D eigenvalue weighted by atomic mass is 16.5. The van der Waals surface area contributed by atoms with Crippen LogP contribution in [-0.2, 0) is 0 Å². The molecule has 5 nitrogen and oxygen atoms in total. The van der Waals surface area contributed by atoms with Crippen molar-refractivity contribution < 1.29 is 13.9 Å². The third-order valence-electron chi connectivity index (χ3n) is 3.85. The molecular formula is C19H18N2O3. The Bertz CT molecular complexity index is 846. The van der Waals surface area contributed by atoms with E-state index in [1.165, 1.54) is 6.39 Å². The van der Waals surface area contributed by atoms with Crippen LogP contribution in [0.5, 0.6) is 5.75 Å². The number of benzene rings is 2. The third-order valence-corrected chi connectivity index (χ3v) is 3.85. The van der Waals surface area contributed by atoms with Gasteiger partial charge in [-0.3, -0.25) is 4.79 Å². The monoisotopic (exact) mass is 322 g/mol. The van der Waals surface area contributed by atoms with Gasteiger partial charge >= 0.3 is 0 Å². The molecule has 0 fully saturated rings. The largest absolute Gasteiger partial charge is 0.497 e. The minimum Gasteiger partial charge on any atom is -0.497 e. The lowest BCUT2D eigenvalue weighted by atomic mass is 10.1. The maximum absolute atomic E-state index is 12.6. The van der Waals surface area contributed by atoms with E-state index in [4.69, 9.17) is 9.15 Å². The Balaban J connectivity index is 1.90. The first-order valence-electron chi connectivity index (χ1n) is 7.55. The van der Waals surface area contributed by atoms with Gasteiger partial charge < -0.3 is 14.5 Å². The molecule has 0 aliphatic carbocycles. The van der Waals surface area contributed by atoms with Crippen molar-refractivity contribution in [2.75, 3.05) is 12.4 Å². The summed E-state index contributed by atoms with van der Waals surface area (Å²) in [5.74, 6) is 0.869. The fraction of sp³-hybridized carbons (Fsp3) is 0.158. The number of aromatic nitrogens is 1. The average molecular weight is 322 g/mol. The number of methoxy groups -OCH3 is 1. The maximum atomic E-state index is 12.6. The van der Waals surface area contributed by atoms with Crippen LogP contribution in [0.1, 0.15) is 21.6 Å². The zero-order chi connectivity index (χ0) is 17.1. The molecular weight excluding hydrogens is 304 g/mol. The normalized spacial score (nSPS) is 10.5. The van der Waals surface area contributed by atoms with Crippen LogP contribution in [-0.4, -0.2) is 18.0 Å². The predicted octanol–water partition coefficient (Wildman–Crippen LogP) is 4.22. The van der Waals surface area contributed by atoms with E-state index in [0.717, 1.165) is 28.1 Å². The van der Waals surface area contributed by atoms with Gasteiger partial charge in [-0.25, -0.2) is 4.98 Å². The summed E-state index contributed by atoms with van der Waals surface area (Å²) in [5, 5.41) is 2.93. The Hall–Kier alpha value is -3.08. The summed E-state index contributed by atoms with van der Waals surface area (Å²) in [4.78, 5) is 16.7. The predicted molar refractivity (Wildman–Crippen MR) is 92.4 cm³/mol. The molecule has 0 saturated heterocycles. The van der Waals surface area contributed by atoms with Gasteiger partial charge in [0.05, 0.1) is 7.11 Å². The first-order chi connectivity index (χ1) is 11.6. The van der Waals surface area contributed by atoms with E-state index in [2.05, 4.69) is 10.3 Å². The standard InChI is InChI=1S/C19H18N2O3/c1-12-5-4-6-13(2)16(12)21-19(22)17-18(24-11-20-17)14-7-9-15(23-3)10-8-14/h4-11H,1-3H3,(H,21,22). The molecule has 1 N–H and O–H groups in total. The molecule has 3 rings (SSSR count). The van der Waals surface area contributed by atoms with Gasteiger partial charge in [0.25, 0.3) is 5.91 Å². The number of ether oxygens (including phenoxy) is 1. The molecule has 2 aromatic carbocycles. The van der Waals surface area contributed by atoms with E-state index in [1.54, 1.807) is 7.11 Å². The summed E-state index contributed by atoms with van der Waals surface area (Å²) in [5.41, 5.74) is 3.81. The second kappa shape index (κ2) is 6.58. The number of aryl methyl sites for hydroxylation is 2. The number of carbonyl (C=O) groups is 1. The molecule has 0 atom stereocenters. The Morgan fingerprint density at radius 3 is 2.38 bits per heavy atom. The van der Waals surface area contributed by atoms with Crippen molar-refractivity contribution >= 4 is 11.6 Å². The maximum Gasteiger partial charge on any atom is 0.278 e. The number of amides is 1. The van der Waals surface area contributed by atoms with Crippen LogP contribution in [0.25, 0.3) is 11.3 Å². The van der Waals surface area contributed by atoms with Crippen molar-refractivity contribution in [1.29, 1.82) is 0 Å². The number of hydrogen-bond acceptors (Lipinski definition) is 4. The van der Waals surface area contributed by atoms with Crippen molar-refractivity contribution in [2.45, 2.75) is 13.8 Å². The van der Waals surface area contributed by atoms with Crippen LogP contribution in [0.3, 0.4) is 0 Å². The molecule has 0 spiro atoms. The number of oxazole rings is 1. The first kappa shape index (κ1) is 15.8. The number of anilines is 1. The molecule has 1 amide bonds. The topological polar surface area (TPSA) is 64.4 Å². The van der Waals surface area contributed by atoms with E-state index in [1.807, 2.05) is 56.3 Å². The van der Waals surface area contributed by atoms with Crippen molar-refractivity contribution in [2.24, 2.45) is 0 Å². The molecule has 0 bridgehead atoms. The van der Waals surface area contributed by atoms with Crippen molar-refractivity contribution in [3.63, 3.8) is 0 Å². The van der Waals surface area contributed by atoms with Crippen LogP contribution in [0.15, 0.2) is 53.3 Å². The first-order valence-corrected chi connectivity index (χ1v) is 7.55. The molecule has 0 aliphatic heterocycles. The molecule has 3 aromatic rings. The van der Waals surface area contributed by atoms with E-state index in [-0.39, 0.29) is 11.6 Å². The molecule has 1 heterocycles. The van der Waals surface area contributed by atoms with Gasteiger partial charge in [0.2, 0.25) is 0 Å². The number of rotatable bonds is 4. The second-order valence-electron chi connectivity index (χ2n) is 5.48. The lowest BCUT2D eigenvalue weighted by molar-refractivity contribution is 0.102. The number of nitrogens with zero attached hydrogens (tertiary/aromatic N) is 1. The Labute approximate surface area is 140 Å². The Kier molecular flexibility index (Phi) is 4.33. The molecule has 0 aliphatic rings. The average Bonchev–Trinajstić information content (AvgIpc) is 3.08. The van der Waals surface area contributed by atoms with Gasteiger partial charge in [-0.05, 0) is 49.2 Å². The highest BCUT2D eigenvalue weighted by Gasteiger charge is 2.19. The molecule has 122 valence electrons. The lowest BCUT2D eigenvalue weighted by Gasteiger charge is -2.11. The van der Waals surface area contributed by atoms with Crippen LogP contribution in [0, 0.1) is 13.8 Å². The smallest absolute Gasteiger partial charge is 0.278 e. The highest BCUT2D eigenvalue weighted by Crippen LogP contribution is 2.27. The van der Waals surface area contributed by atoms with E-state index in [0.29, 0.717) is 5.76 Å². The zero-order valence-corrected chi connectivity index (χ0v) is 13.8. The number of para-hydroxylation sites is 1. The summed E-state index contributed by atoms with van der Waals surface area (Å²) < 4.78 is 10.6. The SMILES string of the molecule is COc1ccc(-c2ocnc2C(=O)Nc2c(C)cccc2C)cc1. The highest BCUT2D eigenvalue weighted by molar-refractivity contribution is 6.07. The summed E-state index contributed by atoms with van der Waals surface area (Å²) >= 11 is 0. The number of hydrogen-bond donors (Lipinski definition) is 1. The Morgan fingerprint density at radius 2 is 1.75 bits per heavy atom. The summed E-state index contributed by atoms with van der Waals surface area (Å²) in [6, 6.07) is 13.1. The molecule has 5 heteroatoms. The molecule has 1 aromatic heterocycles. The summed E-state index contributed by atoms with van der Waals surface area (Å²) in [6.45, 7) is 3.91. The molecule has 0 unspecified atom stereocenters. The lowest BCUT2D eigenvalue weighted by Crippen LogP contribution is -2.15. The van der Waals surface area contributed by atoms with Crippen molar-refractivity contribution in [3.05, 3.63) is 65.7 Å². The minimum absolute atomic E-state index is 0.253. The van der Waals surface area contributed by atoms with Crippen molar-refractivity contribution in [3.8, 4) is 17.1 Å². The van der Waals surface area contributed by atoms with Gasteiger partial charge in [-0.15, -0.1) is 0 Å². The second-order valence-corrected chi connectivity index (χ2v) is 5.48. The van der Waals surface area contributed by atoms with Gasteiger partial charge in [0.1, 0.15) is 5.75 Å². The summed E-state index contributed by atoms with van der Waals surface area (Å²) in [6.07, 6.45) is 1.28. The van der Waals surface area contributed by atoms with Crippen molar-refractivity contribution in [1.82, 2.24) is 4.98 Å². The van der Waals surface area contributed by atoms with Crippen LogP contribution >= 0.6 is 0 Å². The van der Waals surface area contributed by atoms with Crippen LogP contribution in [0.2, 0.25) is 0 Å². The molecule has 24 heavy (non-hydrogen) atoms. The molecule has 0 saturated carbocycles. The van der Waals surface area contributed by atoms with Gasteiger partial charge in [-0.1, -0.05) is 18.2 Å². The van der Waals surface area contributed by atoms with Crippen LogP contribution < -0.4 is 10.1 Å². The van der Waals surface area contributed by atoms with Gasteiger partial charge in [-0.2, -0.15) is 0 Å². The van der Waals surface area contributed by atoms with Gasteiger partial charge in [0.15, 0.2) is 17.8 Å². The van der Waals surface area contributed by atoms with E-state index in [9.17, 15) is 4.79 Å². The fourth-order valence-corrected chi connectivity index (χ4v) is 2.54. The van der Waals surface area contributed by atoms with Gasteiger partial charge in [0, 0.05) is 11.3 Å².